The van der Waals surface area contributed by atoms with Crippen molar-refractivity contribution in [2.24, 2.45) is 0 Å². The second-order valence-corrected chi connectivity index (χ2v) is 5.26. The fourth-order valence-corrected chi connectivity index (χ4v) is 2.54. The van der Waals surface area contributed by atoms with Crippen LogP contribution in [0.5, 0.6) is 0 Å². The third-order valence-corrected chi connectivity index (χ3v) is 3.57. The Morgan fingerprint density at radius 2 is 1.90 bits per heavy atom. The van der Waals surface area contributed by atoms with Crippen LogP contribution >= 0.6 is 0 Å². The van der Waals surface area contributed by atoms with E-state index in [4.69, 9.17) is 0 Å². The topological polar surface area (TPSA) is 39.3 Å². The summed E-state index contributed by atoms with van der Waals surface area (Å²) in [4.78, 5) is 19.8. The van der Waals surface area contributed by atoms with Gasteiger partial charge in [0.15, 0.2) is 0 Å². The first-order valence-corrected chi connectivity index (χ1v) is 7.11. The summed E-state index contributed by atoms with van der Waals surface area (Å²) in [5, 5.41) is 1.14. The number of benzene rings is 1. The molecule has 0 aliphatic rings. The number of carbonyl (C=O) groups is 1. The molecular weight excluding hydrogens is 250 g/mol. The van der Waals surface area contributed by atoms with Crippen LogP contribution in [0.4, 0.5) is 0 Å². The Morgan fingerprint density at radius 1 is 1.20 bits per heavy atom. The zero-order chi connectivity index (χ0) is 14.7. The maximum atomic E-state index is 12.5. The third kappa shape index (κ3) is 2.70. The smallest absolute Gasteiger partial charge is 0.255 e. The fraction of sp³-hybridized carbons (Fsp3) is 0.438. The Kier molecular flexibility index (Phi) is 4.45. The van der Waals surface area contributed by atoms with Crippen molar-refractivity contribution in [2.45, 2.75) is 20.4 Å². The van der Waals surface area contributed by atoms with Gasteiger partial charge < -0.3 is 14.8 Å². The molecule has 4 heteroatoms. The summed E-state index contributed by atoms with van der Waals surface area (Å²) in [6.07, 6.45) is 2.00. The molecule has 108 valence electrons. The van der Waals surface area contributed by atoms with Crippen LogP contribution in [0.2, 0.25) is 0 Å². The molecule has 20 heavy (non-hydrogen) atoms. The summed E-state index contributed by atoms with van der Waals surface area (Å²) in [5.41, 5.74) is 2.93. The molecule has 2 aromatic rings. The summed E-state index contributed by atoms with van der Waals surface area (Å²) < 4.78 is 0. The highest BCUT2D eigenvalue weighted by atomic mass is 16.2. The summed E-state index contributed by atoms with van der Waals surface area (Å²) in [5.74, 6) is 0.0962. The van der Waals surface area contributed by atoms with Crippen molar-refractivity contribution in [3.05, 3.63) is 35.5 Å². The van der Waals surface area contributed by atoms with E-state index in [1.807, 2.05) is 51.2 Å². The number of amides is 1. The maximum Gasteiger partial charge on any atom is 0.255 e. The number of hydrogen-bond donors (Lipinski definition) is 1. The average molecular weight is 273 g/mol. The zero-order valence-corrected chi connectivity index (χ0v) is 12.7. The van der Waals surface area contributed by atoms with E-state index in [1.165, 1.54) is 5.56 Å². The molecule has 0 atom stereocenters. The normalized spacial score (nSPS) is 11.2. The minimum absolute atomic E-state index is 0.0962. The van der Waals surface area contributed by atoms with E-state index < -0.39 is 0 Å². The molecule has 1 aromatic carbocycles. The molecule has 0 aliphatic heterocycles. The number of carbonyl (C=O) groups excluding carboxylic acids is 1. The number of nitrogens with zero attached hydrogens (tertiary/aromatic N) is 2. The molecule has 2 rings (SSSR count). The number of hydrogen-bond acceptors (Lipinski definition) is 2. The summed E-state index contributed by atoms with van der Waals surface area (Å²) >= 11 is 0. The molecule has 0 radical (unpaired) electrons. The van der Waals surface area contributed by atoms with Gasteiger partial charge in [-0.1, -0.05) is 12.1 Å². The quantitative estimate of drug-likeness (QED) is 0.909. The molecule has 0 saturated heterocycles. The molecule has 0 bridgehead atoms. The maximum absolute atomic E-state index is 12.5. The van der Waals surface area contributed by atoms with Gasteiger partial charge in [0.2, 0.25) is 0 Å². The highest BCUT2D eigenvalue weighted by Gasteiger charge is 2.17. The largest absolute Gasteiger partial charge is 0.360 e. The van der Waals surface area contributed by atoms with Gasteiger partial charge in [-0.15, -0.1) is 0 Å². The van der Waals surface area contributed by atoms with Gasteiger partial charge >= 0.3 is 0 Å². The minimum Gasteiger partial charge on any atom is -0.360 e. The van der Waals surface area contributed by atoms with Gasteiger partial charge in [-0.2, -0.15) is 0 Å². The van der Waals surface area contributed by atoms with Gasteiger partial charge in [0, 0.05) is 31.2 Å². The standard InChI is InChI=1S/C16H23N3O/c1-5-19(6-2)16(20)14-9-7-8-13-12(11-18(3)4)10-17-15(13)14/h7-10,17H,5-6,11H2,1-4H3. The lowest BCUT2D eigenvalue weighted by Crippen LogP contribution is -2.30. The Bertz CT molecular complexity index is 597. The SMILES string of the molecule is CCN(CC)C(=O)c1cccc2c(CN(C)C)c[nH]c12. The second kappa shape index (κ2) is 6.09. The van der Waals surface area contributed by atoms with Crippen LogP contribution in [0.25, 0.3) is 10.9 Å². The van der Waals surface area contributed by atoms with Gasteiger partial charge in [-0.25, -0.2) is 0 Å². The van der Waals surface area contributed by atoms with Crippen LogP contribution in [-0.4, -0.2) is 47.9 Å². The monoisotopic (exact) mass is 273 g/mol. The number of para-hydroxylation sites is 1. The minimum atomic E-state index is 0.0962. The summed E-state index contributed by atoms with van der Waals surface area (Å²) in [6, 6.07) is 5.94. The Balaban J connectivity index is 2.45. The summed E-state index contributed by atoms with van der Waals surface area (Å²) in [7, 11) is 4.09. The van der Waals surface area contributed by atoms with E-state index in [0.717, 1.165) is 36.1 Å². The van der Waals surface area contributed by atoms with Gasteiger partial charge in [-0.3, -0.25) is 4.79 Å². The highest BCUT2D eigenvalue weighted by Crippen LogP contribution is 2.23. The van der Waals surface area contributed by atoms with Crippen molar-refractivity contribution in [1.29, 1.82) is 0 Å². The molecule has 0 spiro atoms. The van der Waals surface area contributed by atoms with Crippen molar-refractivity contribution in [3.8, 4) is 0 Å². The Labute approximate surface area is 120 Å². The first-order valence-electron chi connectivity index (χ1n) is 7.11. The van der Waals surface area contributed by atoms with Crippen LogP contribution in [0.1, 0.15) is 29.8 Å². The van der Waals surface area contributed by atoms with Crippen molar-refractivity contribution in [1.82, 2.24) is 14.8 Å². The average Bonchev–Trinajstić information content (AvgIpc) is 2.82. The van der Waals surface area contributed by atoms with Gasteiger partial charge in [0.1, 0.15) is 0 Å². The molecule has 1 aromatic heterocycles. The predicted molar refractivity (Wildman–Crippen MR) is 82.9 cm³/mol. The lowest BCUT2D eigenvalue weighted by atomic mass is 10.1. The van der Waals surface area contributed by atoms with Gasteiger partial charge in [-0.05, 0) is 39.6 Å². The summed E-state index contributed by atoms with van der Waals surface area (Å²) in [6.45, 7) is 6.35. The zero-order valence-electron chi connectivity index (χ0n) is 12.7. The van der Waals surface area contributed by atoms with Crippen LogP contribution in [0.15, 0.2) is 24.4 Å². The predicted octanol–water partition coefficient (Wildman–Crippen LogP) is 2.71. The number of fused-ring (bicyclic) bond motifs is 1. The molecule has 0 fully saturated rings. The third-order valence-electron chi connectivity index (χ3n) is 3.57. The van der Waals surface area contributed by atoms with Crippen LogP contribution in [-0.2, 0) is 6.54 Å². The number of nitrogens with one attached hydrogen (secondary N) is 1. The van der Waals surface area contributed by atoms with E-state index >= 15 is 0 Å². The van der Waals surface area contributed by atoms with Crippen molar-refractivity contribution >= 4 is 16.8 Å². The molecule has 0 unspecified atom stereocenters. The molecule has 1 N–H and O–H groups in total. The van der Waals surface area contributed by atoms with E-state index in [-0.39, 0.29) is 5.91 Å². The molecule has 1 amide bonds. The first kappa shape index (κ1) is 14.6. The van der Waals surface area contributed by atoms with E-state index in [2.05, 4.69) is 16.0 Å². The fourth-order valence-electron chi connectivity index (χ4n) is 2.54. The molecule has 1 heterocycles. The van der Waals surface area contributed by atoms with E-state index in [0.29, 0.717) is 0 Å². The second-order valence-electron chi connectivity index (χ2n) is 5.26. The number of aromatic amines is 1. The number of aromatic nitrogens is 1. The van der Waals surface area contributed by atoms with Crippen LogP contribution in [0.3, 0.4) is 0 Å². The van der Waals surface area contributed by atoms with Gasteiger partial charge in [0.05, 0.1) is 11.1 Å². The van der Waals surface area contributed by atoms with Crippen molar-refractivity contribution in [2.75, 3.05) is 27.2 Å². The highest BCUT2D eigenvalue weighted by molar-refractivity contribution is 6.06. The van der Waals surface area contributed by atoms with Crippen LogP contribution in [0, 0.1) is 0 Å². The molecule has 4 nitrogen and oxygen atoms in total. The lowest BCUT2D eigenvalue weighted by molar-refractivity contribution is 0.0775. The van der Waals surface area contributed by atoms with Crippen molar-refractivity contribution in [3.63, 3.8) is 0 Å². The number of rotatable bonds is 5. The first-order chi connectivity index (χ1) is 9.58. The molecular formula is C16H23N3O. The Morgan fingerprint density at radius 3 is 2.50 bits per heavy atom. The Hall–Kier alpha value is -1.81. The van der Waals surface area contributed by atoms with Crippen LogP contribution < -0.4 is 0 Å². The van der Waals surface area contributed by atoms with Crippen molar-refractivity contribution < 1.29 is 4.79 Å². The van der Waals surface area contributed by atoms with E-state index in [9.17, 15) is 4.79 Å². The van der Waals surface area contributed by atoms with Gasteiger partial charge in [0.25, 0.3) is 5.91 Å². The van der Waals surface area contributed by atoms with E-state index in [1.54, 1.807) is 0 Å². The molecule has 0 aliphatic carbocycles. The molecule has 0 saturated carbocycles. The number of H-pyrrole nitrogens is 1. The lowest BCUT2D eigenvalue weighted by Gasteiger charge is -2.19.